The fourth-order valence-electron chi connectivity index (χ4n) is 3.00. The summed E-state index contributed by atoms with van der Waals surface area (Å²) in [7, 11) is 0. The van der Waals surface area contributed by atoms with Gasteiger partial charge in [-0.3, -0.25) is 10.2 Å². The first-order chi connectivity index (χ1) is 13.4. The van der Waals surface area contributed by atoms with Crippen molar-refractivity contribution in [3.05, 3.63) is 51.4 Å². The van der Waals surface area contributed by atoms with Crippen LogP contribution < -0.4 is 10.9 Å². The topological polar surface area (TPSA) is 113 Å². The van der Waals surface area contributed by atoms with Crippen LogP contribution >= 0.6 is 11.3 Å². The van der Waals surface area contributed by atoms with Crippen molar-refractivity contribution in [3.8, 4) is 5.75 Å². The van der Waals surface area contributed by atoms with E-state index in [4.69, 9.17) is 14.6 Å². The molecule has 8 heteroatoms. The molecule has 0 saturated heterocycles. The Kier molecular flexibility index (Phi) is 5.51. The summed E-state index contributed by atoms with van der Waals surface area (Å²) < 4.78 is 10.5. The normalized spacial score (nSPS) is 10.8. The molecule has 0 aliphatic rings. The molecule has 0 aliphatic carbocycles. The second kappa shape index (κ2) is 7.85. The van der Waals surface area contributed by atoms with Crippen molar-refractivity contribution in [3.63, 3.8) is 0 Å². The standard InChI is InChI=1S/C20H20N2O5S/c1-4-12-10(3)28-19(15(12)20(25)26-5-2)22-18(24)13-9-11-7-6-8-14(23)16(11)27-17(13)21/h6-9,21,23H,4-5H2,1-3H3,(H,22,24). The van der Waals surface area contributed by atoms with E-state index in [-0.39, 0.29) is 29.1 Å². The van der Waals surface area contributed by atoms with Gasteiger partial charge in [0.05, 0.1) is 12.2 Å². The van der Waals surface area contributed by atoms with Crippen molar-refractivity contribution in [1.82, 2.24) is 0 Å². The van der Waals surface area contributed by atoms with Crippen molar-refractivity contribution in [1.29, 1.82) is 5.41 Å². The average Bonchev–Trinajstić information content (AvgIpc) is 2.97. The third-order valence-electron chi connectivity index (χ3n) is 4.29. The maximum Gasteiger partial charge on any atom is 0.341 e. The molecule has 0 fully saturated rings. The summed E-state index contributed by atoms with van der Waals surface area (Å²) in [4.78, 5) is 26.1. The van der Waals surface area contributed by atoms with E-state index in [1.807, 2.05) is 13.8 Å². The molecule has 146 valence electrons. The Balaban J connectivity index is 2.02. The summed E-state index contributed by atoms with van der Waals surface area (Å²) in [5.41, 5.74) is 0.932. The number of para-hydroxylation sites is 1. The Morgan fingerprint density at radius 3 is 2.75 bits per heavy atom. The number of nitrogens with one attached hydrogen (secondary N) is 2. The van der Waals surface area contributed by atoms with E-state index >= 15 is 0 Å². The third-order valence-corrected chi connectivity index (χ3v) is 5.35. The number of hydrogen-bond donors (Lipinski definition) is 3. The molecule has 0 unspecified atom stereocenters. The second-order valence-corrected chi connectivity index (χ2v) is 7.28. The molecule has 1 amide bonds. The Morgan fingerprint density at radius 1 is 1.32 bits per heavy atom. The number of benzene rings is 1. The number of thiophene rings is 1. The van der Waals surface area contributed by atoms with E-state index in [1.165, 1.54) is 23.5 Å². The molecule has 0 radical (unpaired) electrons. The van der Waals surface area contributed by atoms with Crippen molar-refractivity contribution >= 4 is 39.2 Å². The van der Waals surface area contributed by atoms with Crippen LogP contribution in [0, 0.1) is 12.3 Å². The first kappa shape index (κ1) is 19.6. The van der Waals surface area contributed by atoms with E-state index in [0.29, 0.717) is 22.4 Å². The van der Waals surface area contributed by atoms with Gasteiger partial charge in [-0.15, -0.1) is 11.3 Å². The lowest BCUT2D eigenvalue weighted by Crippen LogP contribution is -2.21. The van der Waals surface area contributed by atoms with Crippen LogP contribution in [-0.2, 0) is 11.2 Å². The molecule has 0 atom stereocenters. The van der Waals surface area contributed by atoms with Gasteiger partial charge in [0.15, 0.2) is 11.3 Å². The molecular weight excluding hydrogens is 380 g/mol. The van der Waals surface area contributed by atoms with Crippen molar-refractivity contribution in [2.75, 3.05) is 11.9 Å². The summed E-state index contributed by atoms with van der Waals surface area (Å²) in [6, 6.07) is 6.20. The first-order valence-corrected chi connectivity index (χ1v) is 9.60. The average molecular weight is 400 g/mol. The number of fused-ring (bicyclic) bond motifs is 1. The van der Waals surface area contributed by atoms with Gasteiger partial charge in [0.25, 0.3) is 5.91 Å². The van der Waals surface area contributed by atoms with Gasteiger partial charge in [-0.25, -0.2) is 4.79 Å². The van der Waals surface area contributed by atoms with E-state index in [9.17, 15) is 14.7 Å². The molecule has 3 aromatic rings. The number of rotatable bonds is 5. The van der Waals surface area contributed by atoms with Crippen LogP contribution in [0.4, 0.5) is 5.00 Å². The number of anilines is 1. The number of carbonyl (C=O) groups excluding carboxylic acids is 2. The maximum absolute atomic E-state index is 12.8. The SMILES string of the molecule is CCOC(=O)c1c(NC(=O)c2cc3cccc(O)c3oc2=N)sc(C)c1CC. The summed E-state index contributed by atoms with van der Waals surface area (Å²) in [6.07, 6.45) is 0.626. The number of phenolic OH excluding ortho intramolecular Hbond substituents is 1. The lowest BCUT2D eigenvalue weighted by molar-refractivity contribution is 0.0527. The van der Waals surface area contributed by atoms with Gasteiger partial charge < -0.3 is 19.6 Å². The molecule has 0 saturated carbocycles. The largest absolute Gasteiger partial charge is 0.504 e. The highest BCUT2D eigenvalue weighted by molar-refractivity contribution is 7.16. The van der Waals surface area contributed by atoms with Gasteiger partial charge in [-0.05, 0) is 38.0 Å². The fraction of sp³-hybridized carbons (Fsp3) is 0.250. The molecule has 2 aromatic heterocycles. The predicted molar refractivity (Wildman–Crippen MR) is 106 cm³/mol. The van der Waals surface area contributed by atoms with E-state index in [0.717, 1.165) is 10.4 Å². The monoisotopic (exact) mass is 400 g/mol. The van der Waals surface area contributed by atoms with Crippen LogP contribution in [0.1, 0.15) is 45.0 Å². The number of ether oxygens (including phenoxy) is 1. The van der Waals surface area contributed by atoms with Crippen LogP contribution in [0.15, 0.2) is 28.7 Å². The highest BCUT2D eigenvalue weighted by atomic mass is 32.1. The molecule has 0 bridgehead atoms. The smallest absolute Gasteiger partial charge is 0.341 e. The highest BCUT2D eigenvalue weighted by Crippen LogP contribution is 2.34. The zero-order chi connectivity index (χ0) is 20.4. The molecule has 0 aliphatic heterocycles. The highest BCUT2D eigenvalue weighted by Gasteiger charge is 2.24. The van der Waals surface area contributed by atoms with E-state index in [1.54, 1.807) is 19.1 Å². The minimum atomic E-state index is -0.576. The Hall–Kier alpha value is -3.13. The van der Waals surface area contributed by atoms with Crippen LogP contribution in [0.3, 0.4) is 0 Å². The summed E-state index contributed by atoms with van der Waals surface area (Å²) in [5.74, 6) is -1.17. The Bertz CT molecular complexity index is 1130. The van der Waals surface area contributed by atoms with Gasteiger partial charge in [0, 0.05) is 10.3 Å². The number of aromatic hydroxyl groups is 1. The Morgan fingerprint density at radius 2 is 2.07 bits per heavy atom. The van der Waals surface area contributed by atoms with Crippen LogP contribution in [-0.4, -0.2) is 23.6 Å². The lowest BCUT2D eigenvalue weighted by atomic mass is 10.1. The van der Waals surface area contributed by atoms with Gasteiger partial charge in [-0.2, -0.15) is 0 Å². The number of esters is 1. The predicted octanol–water partition coefficient (Wildman–Crippen LogP) is 3.98. The molecule has 1 aromatic carbocycles. The zero-order valence-corrected chi connectivity index (χ0v) is 16.5. The fourth-order valence-corrected chi connectivity index (χ4v) is 4.12. The molecular formula is C20H20N2O5S. The number of carbonyl (C=O) groups is 2. The number of phenols is 1. The molecule has 28 heavy (non-hydrogen) atoms. The van der Waals surface area contributed by atoms with Crippen LogP contribution in [0.2, 0.25) is 0 Å². The maximum atomic E-state index is 12.8. The van der Waals surface area contributed by atoms with Crippen LogP contribution in [0.25, 0.3) is 11.0 Å². The molecule has 3 rings (SSSR count). The third kappa shape index (κ3) is 3.50. The minimum absolute atomic E-state index is 0.00277. The van der Waals surface area contributed by atoms with Crippen molar-refractivity contribution in [2.45, 2.75) is 27.2 Å². The Labute approximate surface area is 165 Å². The van der Waals surface area contributed by atoms with E-state index < -0.39 is 11.9 Å². The van der Waals surface area contributed by atoms with Gasteiger partial charge >= 0.3 is 5.97 Å². The molecule has 0 spiro atoms. The number of amides is 1. The molecule has 3 N–H and O–H groups in total. The summed E-state index contributed by atoms with van der Waals surface area (Å²) in [5, 5.41) is 21.4. The summed E-state index contributed by atoms with van der Waals surface area (Å²) >= 11 is 1.29. The van der Waals surface area contributed by atoms with Crippen molar-refractivity contribution < 1.29 is 23.8 Å². The van der Waals surface area contributed by atoms with Gasteiger partial charge in [-0.1, -0.05) is 19.1 Å². The zero-order valence-electron chi connectivity index (χ0n) is 15.7. The first-order valence-electron chi connectivity index (χ1n) is 8.78. The van der Waals surface area contributed by atoms with Gasteiger partial charge in [0.1, 0.15) is 10.6 Å². The summed E-state index contributed by atoms with van der Waals surface area (Å²) in [6.45, 7) is 5.76. The second-order valence-electron chi connectivity index (χ2n) is 6.05. The molecule has 7 nitrogen and oxygen atoms in total. The minimum Gasteiger partial charge on any atom is -0.504 e. The number of hydrogen-bond acceptors (Lipinski definition) is 7. The van der Waals surface area contributed by atoms with Gasteiger partial charge in [0.2, 0.25) is 5.55 Å². The van der Waals surface area contributed by atoms with Crippen LogP contribution in [0.5, 0.6) is 5.75 Å². The quantitative estimate of drug-likeness (QED) is 0.561. The lowest BCUT2D eigenvalue weighted by Gasteiger charge is -2.08. The molecule has 2 heterocycles. The number of aryl methyl sites for hydroxylation is 1. The van der Waals surface area contributed by atoms with Crippen molar-refractivity contribution in [2.24, 2.45) is 0 Å². The van der Waals surface area contributed by atoms with E-state index in [2.05, 4.69) is 5.32 Å².